The molecule has 2 amide bonds. The molecule has 2 aromatic rings. The van der Waals surface area contributed by atoms with Crippen molar-refractivity contribution in [3.8, 4) is 5.75 Å². The first kappa shape index (κ1) is 16.0. The first-order valence-electron chi connectivity index (χ1n) is 6.95. The first-order valence-corrected chi connectivity index (χ1v) is 7.83. The number of hydrogen-bond acceptors (Lipinski definition) is 4. The first-order chi connectivity index (χ1) is 10.6. The van der Waals surface area contributed by atoms with E-state index in [4.69, 9.17) is 4.74 Å². The summed E-state index contributed by atoms with van der Waals surface area (Å²) >= 11 is 1.41. The van der Waals surface area contributed by atoms with E-state index in [1.165, 1.54) is 11.3 Å². The molecule has 5 nitrogen and oxygen atoms in total. The van der Waals surface area contributed by atoms with Crippen LogP contribution in [0.5, 0.6) is 5.75 Å². The van der Waals surface area contributed by atoms with Gasteiger partial charge in [0.25, 0.3) is 11.8 Å². The van der Waals surface area contributed by atoms with E-state index in [1.807, 2.05) is 25.3 Å². The van der Waals surface area contributed by atoms with Crippen molar-refractivity contribution < 1.29 is 14.3 Å². The Morgan fingerprint density at radius 1 is 1.18 bits per heavy atom. The summed E-state index contributed by atoms with van der Waals surface area (Å²) in [5.74, 6) is 0.299. The molecule has 1 aromatic carbocycles. The van der Waals surface area contributed by atoms with Crippen LogP contribution in [0.15, 0.2) is 35.7 Å². The standard InChI is InChI=1S/C16H18N2O3S/c1-3-17-14(19)10-21-13-6-4-12(5-7-13)18-16(20)15-11(2)8-9-22-15/h4-9H,3,10H2,1-2H3,(H,17,19)(H,18,20). The fraction of sp³-hybridized carbons (Fsp3) is 0.250. The quantitative estimate of drug-likeness (QED) is 0.860. The lowest BCUT2D eigenvalue weighted by Crippen LogP contribution is -2.28. The maximum atomic E-state index is 12.1. The minimum absolute atomic E-state index is 0.0199. The van der Waals surface area contributed by atoms with Gasteiger partial charge in [-0.05, 0) is 55.1 Å². The molecule has 116 valence electrons. The van der Waals surface area contributed by atoms with Crippen molar-refractivity contribution in [2.75, 3.05) is 18.5 Å². The third-order valence-electron chi connectivity index (χ3n) is 2.92. The number of anilines is 1. The number of amides is 2. The Labute approximate surface area is 133 Å². The molecule has 22 heavy (non-hydrogen) atoms. The molecule has 0 aliphatic heterocycles. The zero-order valence-corrected chi connectivity index (χ0v) is 13.3. The van der Waals surface area contributed by atoms with E-state index in [0.29, 0.717) is 22.9 Å². The molecule has 1 heterocycles. The number of ether oxygens (including phenoxy) is 1. The van der Waals surface area contributed by atoms with Crippen molar-refractivity contribution in [3.05, 3.63) is 46.2 Å². The summed E-state index contributed by atoms with van der Waals surface area (Å²) in [6.45, 7) is 4.32. The Kier molecular flexibility index (Phi) is 5.55. The summed E-state index contributed by atoms with van der Waals surface area (Å²) in [5, 5.41) is 7.38. The summed E-state index contributed by atoms with van der Waals surface area (Å²) in [5.41, 5.74) is 1.65. The molecule has 2 N–H and O–H groups in total. The molecule has 6 heteroatoms. The number of benzene rings is 1. The van der Waals surface area contributed by atoms with Crippen molar-refractivity contribution >= 4 is 28.8 Å². The van der Waals surface area contributed by atoms with Gasteiger partial charge in [-0.2, -0.15) is 0 Å². The number of rotatable bonds is 6. The van der Waals surface area contributed by atoms with Gasteiger partial charge in [-0.15, -0.1) is 11.3 Å². The van der Waals surface area contributed by atoms with Crippen molar-refractivity contribution in [1.29, 1.82) is 0 Å². The van der Waals surface area contributed by atoms with Crippen LogP contribution in [0.25, 0.3) is 0 Å². The van der Waals surface area contributed by atoms with Gasteiger partial charge in [0.05, 0.1) is 4.88 Å². The Morgan fingerprint density at radius 2 is 1.91 bits per heavy atom. The minimum Gasteiger partial charge on any atom is -0.484 e. The van der Waals surface area contributed by atoms with Crippen LogP contribution in [0.4, 0.5) is 5.69 Å². The molecule has 0 bridgehead atoms. The van der Waals surface area contributed by atoms with E-state index in [9.17, 15) is 9.59 Å². The highest BCUT2D eigenvalue weighted by molar-refractivity contribution is 7.12. The van der Waals surface area contributed by atoms with Crippen molar-refractivity contribution in [2.24, 2.45) is 0 Å². The number of thiophene rings is 1. The number of carbonyl (C=O) groups excluding carboxylic acids is 2. The van der Waals surface area contributed by atoms with E-state index in [-0.39, 0.29) is 18.4 Å². The molecule has 0 fully saturated rings. The Bertz CT molecular complexity index is 650. The normalized spacial score (nSPS) is 10.1. The molecule has 0 atom stereocenters. The fourth-order valence-corrected chi connectivity index (χ4v) is 2.65. The van der Waals surface area contributed by atoms with Gasteiger partial charge in [0.15, 0.2) is 6.61 Å². The van der Waals surface area contributed by atoms with Gasteiger partial charge in [-0.1, -0.05) is 0 Å². The number of likely N-dealkylation sites (N-methyl/N-ethyl adjacent to an activating group) is 1. The summed E-state index contributed by atoms with van der Waals surface area (Å²) in [4.78, 5) is 24.1. The van der Waals surface area contributed by atoms with E-state index in [0.717, 1.165) is 5.56 Å². The Balaban J connectivity index is 1.90. The second-order valence-corrected chi connectivity index (χ2v) is 5.57. The van der Waals surface area contributed by atoms with Gasteiger partial charge in [0, 0.05) is 12.2 Å². The average Bonchev–Trinajstić information content (AvgIpc) is 2.93. The summed E-state index contributed by atoms with van der Waals surface area (Å²) in [6, 6.07) is 8.84. The maximum Gasteiger partial charge on any atom is 0.265 e. The lowest BCUT2D eigenvalue weighted by molar-refractivity contribution is -0.122. The highest BCUT2D eigenvalue weighted by Crippen LogP contribution is 2.19. The molecule has 0 unspecified atom stereocenters. The van der Waals surface area contributed by atoms with Crippen molar-refractivity contribution in [1.82, 2.24) is 5.32 Å². The second kappa shape index (κ2) is 7.61. The molecule has 0 spiro atoms. The Hall–Kier alpha value is -2.34. The number of hydrogen-bond donors (Lipinski definition) is 2. The molecule has 1 aromatic heterocycles. The van der Waals surface area contributed by atoms with Crippen LogP contribution in [-0.2, 0) is 4.79 Å². The van der Waals surface area contributed by atoms with Gasteiger partial charge < -0.3 is 15.4 Å². The number of aryl methyl sites for hydroxylation is 1. The smallest absolute Gasteiger partial charge is 0.265 e. The van der Waals surface area contributed by atoms with Crippen LogP contribution in [0.2, 0.25) is 0 Å². The monoisotopic (exact) mass is 318 g/mol. The molecular formula is C16H18N2O3S. The molecule has 0 saturated heterocycles. The van der Waals surface area contributed by atoms with Gasteiger partial charge in [0.1, 0.15) is 5.75 Å². The van der Waals surface area contributed by atoms with Gasteiger partial charge >= 0.3 is 0 Å². The minimum atomic E-state index is -0.159. The SMILES string of the molecule is CCNC(=O)COc1ccc(NC(=O)c2sccc2C)cc1. The number of carbonyl (C=O) groups is 2. The average molecular weight is 318 g/mol. The van der Waals surface area contributed by atoms with Crippen LogP contribution in [0.3, 0.4) is 0 Å². The zero-order valence-electron chi connectivity index (χ0n) is 12.5. The fourth-order valence-electron chi connectivity index (χ4n) is 1.82. The summed E-state index contributed by atoms with van der Waals surface area (Å²) in [6.07, 6.45) is 0. The van der Waals surface area contributed by atoms with Gasteiger partial charge in [0.2, 0.25) is 0 Å². The molecule has 0 aliphatic rings. The van der Waals surface area contributed by atoms with E-state index < -0.39 is 0 Å². The maximum absolute atomic E-state index is 12.1. The highest BCUT2D eigenvalue weighted by Gasteiger charge is 2.10. The molecule has 0 aliphatic carbocycles. The van der Waals surface area contributed by atoms with Crippen LogP contribution in [-0.4, -0.2) is 25.0 Å². The van der Waals surface area contributed by atoms with Gasteiger partial charge in [-0.25, -0.2) is 0 Å². The van der Waals surface area contributed by atoms with Crippen LogP contribution in [0, 0.1) is 6.92 Å². The van der Waals surface area contributed by atoms with Crippen LogP contribution in [0.1, 0.15) is 22.2 Å². The lowest BCUT2D eigenvalue weighted by Gasteiger charge is -2.08. The third kappa shape index (κ3) is 4.33. The molecule has 2 rings (SSSR count). The third-order valence-corrected chi connectivity index (χ3v) is 3.94. The summed E-state index contributed by atoms with van der Waals surface area (Å²) in [7, 11) is 0. The van der Waals surface area contributed by atoms with Crippen LogP contribution < -0.4 is 15.4 Å². The van der Waals surface area contributed by atoms with E-state index in [2.05, 4.69) is 10.6 Å². The molecular weight excluding hydrogens is 300 g/mol. The van der Waals surface area contributed by atoms with E-state index >= 15 is 0 Å². The van der Waals surface area contributed by atoms with Crippen molar-refractivity contribution in [2.45, 2.75) is 13.8 Å². The second-order valence-electron chi connectivity index (χ2n) is 4.65. The molecule has 0 saturated carbocycles. The topological polar surface area (TPSA) is 67.4 Å². The Morgan fingerprint density at radius 3 is 2.50 bits per heavy atom. The zero-order chi connectivity index (χ0) is 15.9. The largest absolute Gasteiger partial charge is 0.484 e. The molecule has 0 radical (unpaired) electrons. The van der Waals surface area contributed by atoms with Gasteiger partial charge in [-0.3, -0.25) is 9.59 Å². The predicted octanol–water partition coefficient (Wildman–Crippen LogP) is 2.82. The van der Waals surface area contributed by atoms with Crippen LogP contribution >= 0.6 is 11.3 Å². The van der Waals surface area contributed by atoms with Crippen molar-refractivity contribution in [3.63, 3.8) is 0 Å². The predicted molar refractivity (Wildman–Crippen MR) is 87.6 cm³/mol. The highest BCUT2D eigenvalue weighted by atomic mass is 32.1. The number of nitrogens with one attached hydrogen (secondary N) is 2. The lowest BCUT2D eigenvalue weighted by atomic mass is 10.2. The summed E-state index contributed by atoms with van der Waals surface area (Å²) < 4.78 is 5.35. The van der Waals surface area contributed by atoms with E-state index in [1.54, 1.807) is 24.3 Å².